The maximum absolute atomic E-state index is 10.1. The van der Waals surface area contributed by atoms with E-state index < -0.39 is 16.9 Å². The van der Waals surface area contributed by atoms with Crippen molar-refractivity contribution in [3.63, 3.8) is 0 Å². The van der Waals surface area contributed by atoms with Crippen molar-refractivity contribution in [2.45, 2.75) is 12.5 Å². The van der Waals surface area contributed by atoms with Gasteiger partial charge in [-0.15, -0.1) is 0 Å². The average molecular weight is 164 g/mol. The first-order valence-corrected chi connectivity index (χ1v) is 2.98. The molecule has 6 nitrogen and oxygen atoms in total. The Morgan fingerprint density at radius 3 is 2.00 bits per heavy atom. The maximum atomic E-state index is 10.1. The summed E-state index contributed by atoms with van der Waals surface area (Å²) in [6, 6.07) is 3.05. The summed E-state index contributed by atoms with van der Waals surface area (Å²) in [5.41, 5.74) is 0. The molecule has 0 fully saturated rings. The van der Waals surface area contributed by atoms with Crippen molar-refractivity contribution in [1.29, 1.82) is 15.8 Å². The quantitative estimate of drug-likeness (QED) is 0.436. The van der Waals surface area contributed by atoms with E-state index in [1.54, 1.807) is 12.1 Å². The molecule has 0 aliphatic carbocycles. The van der Waals surface area contributed by atoms with Crippen molar-refractivity contribution in [3.8, 4) is 18.2 Å². The van der Waals surface area contributed by atoms with E-state index in [1.807, 2.05) is 0 Å². The molecule has 1 atom stereocenters. The molecule has 1 unspecified atom stereocenters. The van der Waals surface area contributed by atoms with Crippen LogP contribution in [0, 0.1) is 50.0 Å². The highest BCUT2D eigenvalue weighted by Gasteiger charge is 2.24. The molecular weight excluding hydrogens is 160 g/mol. The minimum atomic E-state index is -1.46. The van der Waals surface area contributed by atoms with Crippen LogP contribution in [0.15, 0.2) is 0 Å². The number of hydrogen-bond donors (Lipinski definition) is 0. The molecule has 0 rings (SSSR count). The molecule has 6 heteroatoms. The highest BCUT2D eigenvalue weighted by molar-refractivity contribution is 5.02. The maximum Gasteiger partial charge on any atom is 0.299 e. The minimum absolute atomic E-state index is 0.337. The molecule has 0 saturated carbocycles. The smallest absolute Gasteiger partial charge is 0.263 e. The predicted octanol–water partition coefficient (Wildman–Crippen LogP) is 0.209. The van der Waals surface area contributed by atoms with Crippen molar-refractivity contribution in [1.82, 2.24) is 0 Å². The molecule has 0 bridgehead atoms. The normalized spacial score (nSPS) is 10.8. The third-order valence-electron chi connectivity index (χ3n) is 1.17. The van der Waals surface area contributed by atoms with Gasteiger partial charge in [-0.1, -0.05) is 0 Å². The second-order valence-electron chi connectivity index (χ2n) is 1.98. The van der Waals surface area contributed by atoms with Crippen molar-refractivity contribution in [2.75, 3.05) is 0 Å². The Labute approximate surface area is 68.4 Å². The first kappa shape index (κ1) is 9.87. The van der Waals surface area contributed by atoms with Crippen LogP contribution in [0.25, 0.3) is 0 Å². The molecule has 12 heavy (non-hydrogen) atoms. The molecule has 0 N–H and O–H groups in total. The van der Waals surface area contributed by atoms with Gasteiger partial charge in [0.15, 0.2) is 0 Å². The van der Waals surface area contributed by atoms with Crippen LogP contribution in [-0.2, 0) is 0 Å². The fraction of sp³-hybridized carbons (Fsp3) is 0.500. The summed E-state index contributed by atoms with van der Waals surface area (Å²) in [6.45, 7) is 0. The van der Waals surface area contributed by atoms with Crippen LogP contribution in [0.3, 0.4) is 0 Å². The van der Waals surface area contributed by atoms with Crippen LogP contribution in [-0.4, -0.2) is 11.0 Å². The van der Waals surface area contributed by atoms with E-state index in [4.69, 9.17) is 15.8 Å². The fourth-order valence-corrected chi connectivity index (χ4v) is 0.543. The first-order chi connectivity index (χ1) is 5.65. The predicted molar refractivity (Wildman–Crippen MR) is 35.7 cm³/mol. The van der Waals surface area contributed by atoms with Gasteiger partial charge >= 0.3 is 0 Å². The van der Waals surface area contributed by atoms with Gasteiger partial charge < -0.3 is 0 Å². The molecule has 0 aliphatic heterocycles. The second-order valence-corrected chi connectivity index (χ2v) is 1.98. The zero-order chi connectivity index (χ0) is 9.56. The zero-order valence-electron chi connectivity index (χ0n) is 5.97. The molecule has 0 aromatic carbocycles. The molecule has 0 radical (unpaired) electrons. The van der Waals surface area contributed by atoms with Crippen molar-refractivity contribution < 1.29 is 4.92 Å². The first-order valence-electron chi connectivity index (χ1n) is 2.98. The summed E-state index contributed by atoms with van der Waals surface area (Å²) in [5, 5.41) is 34.8. The van der Waals surface area contributed by atoms with E-state index in [9.17, 15) is 10.1 Å². The van der Waals surface area contributed by atoms with Crippen LogP contribution in [0.4, 0.5) is 0 Å². The molecule has 0 heterocycles. The summed E-state index contributed by atoms with van der Waals surface area (Å²) >= 11 is 0. The van der Waals surface area contributed by atoms with Gasteiger partial charge in [0, 0.05) is 4.92 Å². The van der Waals surface area contributed by atoms with Crippen LogP contribution >= 0.6 is 0 Å². The number of nitrogens with zero attached hydrogens (tertiary/aromatic N) is 4. The number of nitriles is 3. The molecule has 0 amide bonds. The van der Waals surface area contributed by atoms with Crippen LogP contribution < -0.4 is 0 Å². The van der Waals surface area contributed by atoms with Crippen LogP contribution in [0.1, 0.15) is 6.42 Å². The van der Waals surface area contributed by atoms with Gasteiger partial charge in [0.05, 0.1) is 18.6 Å². The molecule has 0 aromatic heterocycles. The van der Waals surface area contributed by atoms with Gasteiger partial charge in [-0.25, -0.2) is 0 Å². The van der Waals surface area contributed by atoms with Gasteiger partial charge in [0.1, 0.15) is 12.0 Å². The molecule has 0 aromatic rings. The minimum Gasteiger partial charge on any atom is -0.263 e. The van der Waals surface area contributed by atoms with Gasteiger partial charge in [0.25, 0.3) is 6.04 Å². The SMILES string of the molecule is N#CC(C#N)CC(C#N)[N+](=O)[O-]. The monoisotopic (exact) mass is 164 g/mol. The van der Waals surface area contributed by atoms with Gasteiger partial charge in [-0.2, -0.15) is 15.8 Å². The van der Waals surface area contributed by atoms with Gasteiger partial charge in [0.2, 0.25) is 0 Å². The average Bonchev–Trinajstić information content (AvgIpc) is 2.06. The highest BCUT2D eigenvalue weighted by Crippen LogP contribution is 2.06. The Morgan fingerprint density at radius 1 is 1.25 bits per heavy atom. The Hall–Kier alpha value is -2.13. The Balaban J connectivity index is 4.27. The molecule has 0 saturated heterocycles. The van der Waals surface area contributed by atoms with E-state index in [2.05, 4.69) is 0 Å². The third kappa shape index (κ3) is 2.64. The number of hydrogen-bond acceptors (Lipinski definition) is 5. The Morgan fingerprint density at radius 2 is 1.75 bits per heavy atom. The summed E-state index contributed by atoms with van der Waals surface area (Å²) in [4.78, 5) is 9.26. The van der Waals surface area contributed by atoms with Crippen molar-refractivity contribution in [2.24, 2.45) is 5.92 Å². The molecule has 60 valence electrons. The molecular formula is C6H4N4O2. The second kappa shape index (κ2) is 4.65. The van der Waals surface area contributed by atoms with E-state index in [0.717, 1.165) is 0 Å². The number of rotatable bonds is 3. The lowest BCUT2D eigenvalue weighted by atomic mass is 10.0. The van der Waals surface area contributed by atoms with E-state index >= 15 is 0 Å². The zero-order valence-corrected chi connectivity index (χ0v) is 5.97. The van der Waals surface area contributed by atoms with E-state index in [1.165, 1.54) is 6.07 Å². The fourth-order valence-electron chi connectivity index (χ4n) is 0.543. The Kier molecular flexibility index (Phi) is 3.82. The van der Waals surface area contributed by atoms with Crippen LogP contribution in [0.2, 0.25) is 0 Å². The Bertz CT molecular complexity index is 278. The summed E-state index contributed by atoms with van der Waals surface area (Å²) in [6.07, 6.45) is -0.337. The largest absolute Gasteiger partial charge is 0.299 e. The van der Waals surface area contributed by atoms with Crippen LogP contribution in [0.5, 0.6) is 0 Å². The molecule has 0 spiro atoms. The lowest BCUT2D eigenvalue weighted by Gasteiger charge is -1.99. The summed E-state index contributed by atoms with van der Waals surface area (Å²) in [5.74, 6) is -1.08. The van der Waals surface area contributed by atoms with E-state index in [-0.39, 0.29) is 6.42 Å². The molecule has 0 aliphatic rings. The third-order valence-corrected chi connectivity index (χ3v) is 1.17. The topological polar surface area (TPSA) is 115 Å². The van der Waals surface area contributed by atoms with Gasteiger partial charge in [-0.05, 0) is 0 Å². The van der Waals surface area contributed by atoms with E-state index in [0.29, 0.717) is 0 Å². The lowest BCUT2D eigenvalue weighted by Crippen LogP contribution is -2.20. The number of nitro groups is 1. The van der Waals surface area contributed by atoms with Crippen molar-refractivity contribution >= 4 is 0 Å². The van der Waals surface area contributed by atoms with Crippen molar-refractivity contribution in [3.05, 3.63) is 10.1 Å². The summed E-state index contributed by atoms with van der Waals surface area (Å²) in [7, 11) is 0. The standard InChI is InChI=1S/C6H4N4O2/c7-2-5(3-8)1-6(4-9)10(11)12/h5-6H,1H2. The highest BCUT2D eigenvalue weighted by atomic mass is 16.6. The van der Waals surface area contributed by atoms with Gasteiger partial charge in [-0.3, -0.25) is 10.1 Å². The lowest BCUT2D eigenvalue weighted by molar-refractivity contribution is -0.508. The summed E-state index contributed by atoms with van der Waals surface area (Å²) < 4.78 is 0.